The van der Waals surface area contributed by atoms with Gasteiger partial charge in [0, 0.05) is 42.2 Å². The van der Waals surface area contributed by atoms with Crippen LogP contribution >= 0.6 is 11.3 Å². The molecule has 0 spiro atoms. The van der Waals surface area contributed by atoms with Gasteiger partial charge in [-0.2, -0.15) is 0 Å². The van der Waals surface area contributed by atoms with E-state index in [0.29, 0.717) is 0 Å². The molecule has 2 heterocycles. The van der Waals surface area contributed by atoms with E-state index in [1.807, 2.05) is 17.4 Å². The summed E-state index contributed by atoms with van der Waals surface area (Å²) in [5.74, 6) is 0. The number of para-hydroxylation sites is 3. The van der Waals surface area contributed by atoms with Crippen LogP contribution in [0.15, 0.2) is 205 Å². The van der Waals surface area contributed by atoms with Crippen LogP contribution in [-0.2, 0) is 0 Å². The highest BCUT2D eigenvalue weighted by Gasteiger charge is 2.24. The van der Waals surface area contributed by atoms with Crippen molar-refractivity contribution < 1.29 is 4.42 Å². The Morgan fingerprint density at radius 3 is 1.93 bits per heavy atom. The summed E-state index contributed by atoms with van der Waals surface area (Å²) in [6.45, 7) is 0. The maximum atomic E-state index is 6.77. The Morgan fingerprint density at radius 2 is 1.02 bits per heavy atom. The molecule has 3 heteroatoms. The summed E-state index contributed by atoms with van der Waals surface area (Å²) in [4.78, 5) is 2.40. The van der Waals surface area contributed by atoms with Gasteiger partial charge < -0.3 is 9.32 Å². The van der Waals surface area contributed by atoms with Crippen molar-refractivity contribution in [3.05, 3.63) is 200 Å². The molecule has 0 unspecified atom stereocenters. The van der Waals surface area contributed by atoms with E-state index in [4.69, 9.17) is 4.42 Å². The summed E-state index contributed by atoms with van der Waals surface area (Å²) in [5, 5.41) is 7.24. The largest absolute Gasteiger partial charge is 0.454 e. The number of rotatable bonds is 6. The third kappa shape index (κ3) is 5.16. The predicted octanol–water partition coefficient (Wildman–Crippen LogP) is 15.6. The van der Waals surface area contributed by atoms with Crippen molar-refractivity contribution in [2.75, 3.05) is 4.90 Å². The number of hydrogen-bond acceptors (Lipinski definition) is 3. The molecule has 0 bridgehead atoms. The molecule has 9 aromatic carbocycles. The Balaban J connectivity index is 1.18. The van der Waals surface area contributed by atoms with Gasteiger partial charge in [0.25, 0.3) is 0 Å². The second-order valence-corrected chi connectivity index (χ2v) is 15.1. The number of anilines is 3. The van der Waals surface area contributed by atoms with Crippen molar-refractivity contribution in [3.63, 3.8) is 0 Å². The zero-order valence-electron chi connectivity index (χ0n) is 29.8. The molecule has 55 heavy (non-hydrogen) atoms. The molecule has 0 radical (unpaired) electrons. The molecule has 0 fully saturated rings. The molecule has 0 saturated heterocycles. The average molecular weight is 720 g/mol. The molecular weight excluding hydrogens is 687 g/mol. The highest BCUT2D eigenvalue weighted by atomic mass is 32.1. The van der Waals surface area contributed by atoms with Gasteiger partial charge in [-0.05, 0) is 75.0 Å². The molecule has 0 amide bonds. The van der Waals surface area contributed by atoms with Crippen molar-refractivity contribution in [1.29, 1.82) is 0 Å². The lowest BCUT2D eigenvalue weighted by Crippen LogP contribution is -2.11. The topological polar surface area (TPSA) is 16.4 Å². The zero-order chi connectivity index (χ0) is 36.3. The quantitative estimate of drug-likeness (QED) is 0.170. The van der Waals surface area contributed by atoms with Crippen LogP contribution in [0.5, 0.6) is 0 Å². The van der Waals surface area contributed by atoms with Gasteiger partial charge in [-0.15, -0.1) is 11.3 Å². The van der Waals surface area contributed by atoms with Crippen LogP contribution in [0.25, 0.3) is 86.3 Å². The van der Waals surface area contributed by atoms with E-state index in [-0.39, 0.29) is 0 Å². The van der Waals surface area contributed by atoms with Crippen LogP contribution in [0.4, 0.5) is 17.1 Å². The van der Waals surface area contributed by atoms with Gasteiger partial charge in [0.2, 0.25) is 0 Å². The number of nitrogens with zero attached hydrogens (tertiary/aromatic N) is 1. The summed E-state index contributed by atoms with van der Waals surface area (Å²) in [6, 6.07) is 72.1. The van der Waals surface area contributed by atoms with Crippen molar-refractivity contribution in [2.45, 2.75) is 0 Å². The van der Waals surface area contributed by atoms with E-state index in [0.717, 1.165) is 44.6 Å². The van der Waals surface area contributed by atoms with Gasteiger partial charge in [-0.3, -0.25) is 0 Å². The van der Waals surface area contributed by atoms with E-state index >= 15 is 0 Å². The predicted molar refractivity (Wildman–Crippen MR) is 235 cm³/mol. The van der Waals surface area contributed by atoms with Gasteiger partial charge in [0.15, 0.2) is 5.58 Å². The molecule has 258 valence electrons. The molecule has 2 nitrogen and oxygen atoms in total. The minimum Gasteiger partial charge on any atom is -0.454 e. The lowest BCUT2D eigenvalue weighted by Gasteiger charge is -2.29. The van der Waals surface area contributed by atoms with Crippen LogP contribution < -0.4 is 4.90 Å². The van der Waals surface area contributed by atoms with Crippen molar-refractivity contribution in [1.82, 2.24) is 0 Å². The summed E-state index contributed by atoms with van der Waals surface area (Å²) in [7, 11) is 0. The van der Waals surface area contributed by atoms with Gasteiger partial charge in [0.1, 0.15) is 5.58 Å². The smallest absolute Gasteiger partial charge is 0.159 e. The van der Waals surface area contributed by atoms with Gasteiger partial charge >= 0.3 is 0 Å². The summed E-state index contributed by atoms with van der Waals surface area (Å²) in [5.41, 5.74) is 12.0. The van der Waals surface area contributed by atoms with Crippen LogP contribution in [-0.4, -0.2) is 0 Å². The van der Waals surface area contributed by atoms with Crippen molar-refractivity contribution in [3.8, 4) is 33.4 Å². The minimum absolute atomic E-state index is 0.860. The summed E-state index contributed by atoms with van der Waals surface area (Å²) in [6.07, 6.45) is 0. The number of furan rings is 1. The third-order valence-corrected chi connectivity index (χ3v) is 12.1. The molecule has 0 N–H and O–H groups in total. The van der Waals surface area contributed by atoms with Crippen LogP contribution in [0.1, 0.15) is 0 Å². The maximum Gasteiger partial charge on any atom is 0.159 e. The van der Waals surface area contributed by atoms with E-state index in [1.165, 1.54) is 58.8 Å². The second-order valence-electron chi connectivity index (χ2n) is 14.0. The van der Waals surface area contributed by atoms with Crippen LogP contribution in [0, 0.1) is 0 Å². The Kier molecular flexibility index (Phi) is 7.39. The normalized spacial score (nSPS) is 11.6. The molecule has 0 atom stereocenters. The molecule has 0 aliphatic heterocycles. The van der Waals surface area contributed by atoms with Gasteiger partial charge in [-0.1, -0.05) is 164 Å². The molecule has 11 aromatic rings. The standard InChI is InChI=1S/C52H33NOS/c1-2-15-34(16-3-1)38-24-11-17-35-18-12-26-43(50(35)38)40-21-4-7-29-46(40)53(47-30-14-27-44-41-22-5-8-31-48(41)54-51(44)47)37-20-10-19-36(33-37)39-25-13-28-45-42-23-6-9-32-49(42)55-52(39)45/h1-33H. The highest BCUT2D eigenvalue weighted by Crippen LogP contribution is 2.48. The van der Waals surface area contributed by atoms with E-state index < -0.39 is 0 Å². The number of benzene rings is 9. The summed E-state index contributed by atoms with van der Waals surface area (Å²) < 4.78 is 9.37. The third-order valence-electron chi connectivity index (χ3n) is 10.9. The minimum atomic E-state index is 0.860. The maximum absolute atomic E-state index is 6.77. The second kappa shape index (κ2) is 12.9. The lowest BCUT2D eigenvalue weighted by atomic mass is 9.90. The molecular formula is C52H33NOS. The summed E-state index contributed by atoms with van der Waals surface area (Å²) >= 11 is 1.87. The first-order valence-electron chi connectivity index (χ1n) is 18.7. The number of hydrogen-bond donors (Lipinski definition) is 0. The fourth-order valence-electron chi connectivity index (χ4n) is 8.42. The Bertz CT molecular complexity index is 3220. The van der Waals surface area contributed by atoms with Crippen LogP contribution in [0.3, 0.4) is 0 Å². The average Bonchev–Trinajstić information content (AvgIpc) is 3.83. The van der Waals surface area contributed by atoms with E-state index in [2.05, 4.69) is 199 Å². The van der Waals surface area contributed by atoms with E-state index in [9.17, 15) is 0 Å². The fraction of sp³-hybridized carbons (Fsp3) is 0. The van der Waals surface area contributed by atoms with Gasteiger partial charge in [-0.25, -0.2) is 0 Å². The Hall–Kier alpha value is -6.94. The Labute approximate surface area is 322 Å². The van der Waals surface area contributed by atoms with E-state index in [1.54, 1.807) is 0 Å². The zero-order valence-corrected chi connectivity index (χ0v) is 30.6. The highest BCUT2D eigenvalue weighted by molar-refractivity contribution is 7.26. The first-order chi connectivity index (χ1) is 27.3. The number of thiophene rings is 1. The molecule has 11 rings (SSSR count). The van der Waals surface area contributed by atoms with Gasteiger partial charge in [0.05, 0.1) is 11.4 Å². The monoisotopic (exact) mass is 719 g/mol. The SMILES string of the molecule is c1ccc(-c2cccc3cccc(-c4ccccc4N(c4cccc(-c5cccc6c5sc5ccccc56)c4)c4cccc5c4oc4ccccc45)c23)cc1. The molecule has 0 saturated carbocycles. The molecule has 2 aromatic heterocycles. The molecule has 0 aliphatic carbocycles. The lowest BCUT2D eigenvalue weighted by molar-refractivity contribution is 0.669. The fourth-order valence-corrected chi connectivity index (χ4v) is 9.66. The van der Waals surface area contributed by atoms with Crippen molar-refractivity contribution in [2.24, 2.45) is 0 Å². The first-order valence-corrected chi connectivity index (χ1v) is 19.5. The van der Waals surface area contributed by atoms with Crippen LogP contribution in [0.2, 0.25) is 0 Å². The van der Waals surface area contributed by atoms with Crippen molar-refractivity contribution >= 4 is 81.3 Å². The molecule has 0 aliphatic rings. The number of fused-ring (bicyclic) bond motifs is 7. The first kappa shape index (κ1) is 31.6. The Morgan fingerprint density at radius 1 is 0.400 bits per heavy atom.